The smallest absolute Gasteiger partial charge is 0.132 e. The lowest BCUT2D eigenvalue weighted by Crippen LogP contribution is -1.91. The molecule has 0 aliphatic heterocycles. The van der Waals surface area contributed by atoms with E-state index >= 15 is 0 Å². The summed E-state index contributed by atoms with van der Waals surface area (Å²) in [5, 5.41) is 16.8. The highest BCUT2D eigenvalue weighted by molar-refractivity contribution is 6.42. The van der Waals surface area contributed by atoms with Gasteiger partial charge in [0.25, 0.3) is 0 Å². The SMILES string of the molecule is On1nnc2cc(Cl)c(Cl)cc21. The zero-order chi connectivity index (χ0) is 8.72. The number of hydrogen-bond acceptors (Lipinski definition) is 3. The van der Waals surface area contributed by atoms with Crippen molar-refractivity contribution in [2.75, 3.05) is 0 Å². The third-order valence-electron chi connectivity index (χ3n) is 1.47. The molecule has 2 aromatic rings. The Morgan fingerprint density at radius 2 is 1.92 bits per heavy atom. The van der Waals surface area contributed by atoms with Gasteiger partial charge in [-0.25, -0.2) is 0 Å². The predicted molar refractivity (Wildman–Crippen MR) is 44.7 cm³/mol. The Hall–Kier alpha value is -1.000. The molecule has 4 nitrogen and oxygen atoms in total. The molecule has 0 amide bonds. The molecule has 1 aromatic carbocycles. The van der Waals surface area contributed by atoms with Gasteiger partial charge in [-0.05, 0) is 17.3 Å². The molecule has 6 heteroatoms. The van der Waals surface area contributed by atoms with E-state index in [2.05, 4.69) is 10.3 Å². The molecule has 0 fully saturated rings. The number of nitrogens with zero attached hydrogens (tertiary/aromatic N) is 3. The van der Waals surface area contributed by atoms with Gasteiger partial charge in [-0.2, -0.15) is 0 Å². The number of benzene rings is 1. The molecule has 0 radical (unpaired) electrons. The minimum absolute atomic E-state index is 0.363. The molecule has 12 heavy (non-hydrogen) atoms. The van der Waals surface area contributed by atoms with Gasteiger partial charge in [0.15, 0.2) is 0 Å². The van der Waals surface area contributed by atoms with Gasteiger partial charge < -0.3 is 5.21 Å². The van der Waals surface area contributed by atoms with Crippen LogP contribution in [0.25, 0.3) is 11.0 Å². The maximum atomic E-state index is 9.07. The summed E-state index contributed by atoms with van der Waals surface area (Å²) >= 11 is 11.4. The third-order valence-corrected chi connectivity index (χ3v) is 2.19. The van der Waals surface area contributed by atoms with Gasteiger partial charge in [0.05, 0.1) is 10.0 Å². The van der Waals surface area contributed by atoms with Gasteiger partial charge >= 0.3 is 0 Å². The summed E-state index contributed by atoms with van der Waals surface area (Å²) in [5.41, 5.74) is 0.941. The predicted octanol–water partition coefficient (Wildman–Crippen LogP) is 1.98. The highest BCUT2D eigenvalue weighted by atomic mass is 35.5. The number of fused-ring (bicyclic) bond motifs is 1. The van der Waals surface area contributed by atoms with Crippen LogP contribution in [0.3, 0.4) is 0 Å². The highest BCUT2D eigenvalue weighted by Crippen LogP contribution is 2.25. The van der Waals surface area contributed by atoms with E-state index in [0.29, 0.717) is 25.9 Å². The first-order chi connectivity index (χ1) is 5.68. The zero-order valence-corrected chi connectivity index (χ0v) is 7.21. The lowest BCUT2D eigenvalue weighted by Gasteiger charge is -1.94. The number of rotatable bonds is 0. The van der Waals surface area contributed by atoms with Crippen molar-refractivity contribution in [2.24, 2.45) is 0 Å². The van der Waals surface area contributed by atoms with Crippen LogP contribution in [0.1, 0.15) is 0 Å². The van der Waals surface area contributed by atoms with Crippen LogP contribution in [0.5, 0.6) is 0 Å². The molecule has 62 valence electrons. The van der Waals surface area contributed by atoms with Crippen molar-refractivity contribution in [1.82, 2.24) is 15.2 Å². The topological polar surface area (TPSA) is 50.9 Å². The first-order valence-electron chi connectivity index (χ1n) is 3.08. The standard InChI is InChI=1S/C6H3Cl2N3O/c7-3-1-5-6(2-4(3)8)11(12)10-9-5/h1-2,12H. The Kier molecular flexibility index (Phi) is 1.59. The third kappa shape index (κ3) is 1.00. The van der Waals surface area contributed by atoms with E-state index in [4.69, 9.17) is 28.4 Å². The van der Waals surface area contributed by atoms with E-state index in [1.807, 2.05) is 0 Å². The van der Waals surface area contributed by atoms with Gasteiger partial charge in [0.1, 0.15) is 11.0 Å². The van der Waals surface area contributed by atoms with Gasteiger partial charge in [0, 0.05) is 0 Å². The molecule has 2 rings (SSSR count). The average molecular weight is 204 g/mol. The Balaban J connectivity index is 2.87. The molecule has 0 aliphatic rings. The van der Waals surface area contributed by atoms with Crippen LogP contribution >= 0.6 is 23.2 Å². The van der Waals surface area contributed by atoms with Crippen molar-refractivity contribution >= 4 is 34.2 Å². The summed E-state index contributed by atoms with van der Waals surface area (Å²) in [6.45, 7) is 0. The van der Waals surface area contributed by atoms with Crippen molar-refractivity contribution < 1.29 is 5.21 Å². The summed E-state index contributed by atoms with van der Waals surface area (Å²) in [4.78, 5) is 0.650. The average Bonchev–Trinajstić information content (AvgIpc) is 2.35. The van der Waals surface area contributed by atoms with Crippen molar-refractivity contribution in [3.63, 3.8) is 0 Å². The van der Waals surface area contributed by atoms with E-state index in [1.165, 1.54) is 6.07 Å². The molecule has 0 unspecified atom stereocenters. The van der Waals surface area contributed by atoms with E-state index in [0.717, 1.165) is 0 Å². The first-order valence-corrected chi connectivity index (χ1v) is 3.84. The minimum Gasteiger partial charge on any atom is -0.410 e. The molecule has 0 aliphatic carbocycles. The van der Waals surface area contributed by atoms with E-state index in [-0.39, 0.29) is 0 Å². The van der Waals surface area contributed by atoms with Gasteiger partial charge in [-0.1, -0.05) is 28.0 Å². The van der Waals surface area contributed by atoms with Crippen LogP contribution in [0.4, 0.5) is 0 Å². The second kappa shape index (κ2) is 2.50. The molecule has 0 atom stereocenters. The molecule has 0 spiro atoms. The molecule has 0 bridgehead atoms. The van der Waals surface area contributed by atoms with E-state index in [9.17, 15) is 0 Å². The Bertz CT molecular complexity index is 440. The molecule has 0 saturated heterocycles. The zero-order valence-electron chi connectivity index (χ0n) is 5.70. The molecule has 0 saturated carbocycles. The summed E-state index contributed by atoms with van der Waals surface area (Å²) in [6.07, 6.45) is 0. The maximum Gasteiger partial charge on any atom is 0.132 e. The fourth-order valence-corrected chi connectivity index (χ4v) is 1.22. The van der Waals surface area contributed by atoms with E-state index < -0.39 is 0 Å². The van der Waals surface area contributed by atoms with Crippen molar-refractivity contribution in [3.8, 4) is 0 Å². The fraction of sp³-hybridized carbons (Fsp3) is 0. The van der Waals surface area contributed by atoms with Gasteiger partial charge in [-0.3, -0.25) is 0 Å². The van der Waals surface area contributed by atoms with Crippen molar-refractivity contribution in [3.05, 3.63) is 22.2 Å². The second-order valence-electron chi connectivity index (χ2n) is 2.23. The lowest BCUT2D eigenvalue weighted by molar-refractivity contribution is 0.155. The number of halogens is 2. The van der Waals surface area contributed by atoms with Crippen LogP contribution in [0, 0.1) is 0 Å². The van der Waals surface area contributed by atoms with Crippen LogP contribution in [0.2, 0.25) is 10.0 Å². The molecule has 1 heterocycles. The van der Waals surface area contributed by atoms with Gasteiger partial charge in [0.2, 0.25) is 0 Å². The van der Waals surface area contributed by atoms with Crippen LogP contribution in [-0.2, 0) is 0 Å². The summed E-state index contributed by atoms with van der Waals surface area (Å²) < 4.78 is 0. The van der Waals surface area contributed by atoms with Crippen LogP contribution in [0.15, 0.2) is 12.1 Å². The molecular formula is C6H3Cl2N3O. The van der Waals surface area contributed by atoms with E-state index in [1.54, 1.807) is 6.07 Å². The van der Waals surface area contributed by atoms with Crippen molar-refractivity contribution in [2.45, 2.75) is 0 Å². The number of hydrogen-bond donors (Lipinski definition) is 1. The normalized spacial score (nSPS) is 10.8. The quantitative estimate of drug-likeness (QED) is 0.667. The van der Waals surface area contributed by atoms with Gasteiger partial charge in [-0.15, -0.1) is 5.10 Å². The Morgan fingerprint density at radius 1 is 1.25 bits per heavy atom. The lowest BCUT2D eigenvalue weighted by atomic mass is 10.3. The van der Waals surface area contributed by atoms with Crippen LogP contribution in [-0.4, -0.2) is 20.4 Å². The monoisotopic (exact) mass is 203 g/mol. The highest BCUT2D eigenvalue weighted by Gasteiger charge is 2.06. The Labute approximate surface area is 77.3 Å². The largest absolute Gasteiger partial charge is 0.410 e. The van der Waals surface area contributed by atoms with Crippen LogP contribution < -0.4 is 0 Å². The van der Waals surface area contributed by atoms with Crippen molar-refractivity contribution in [1.29, 1.82) is 0 Å². The summed E-state index contributed by atoms with van der Waals surface area (Å²) in [5.74, 6) is 0. The molecule has 1 N–H and O–H groups in total. The molecular weight excluding hydrogens is 201 g/mol. The molecule has 1 aromatic heterocycles. The Morgan fingerprint density at radius 3 is 2.67 bits per heavy atom. The summed E-state index contributed by atoms with van der Waals surface area (Å²) in [6, 6.07) is 3.04. The maximum absolute atomic E-state index is 9.07. The first kappa shape index (κ1) is 7.64. The minimum atomic E-state index is 0.363. The summed E-state index contributed by atoms with van der Waals surface area (Å²) in [7, 11) is 0. The fourth-order valence-electron chi connectivity index (χ4n) is 0.905. The number of aromatic nitrogens is 3. The second-order valence-corrected chi connectivity index (χ2v) is 3.05.